The number of hydrogen-bond donors (Lipinski definition) is 0. The zero-order valence-electron chi connectivity index (χ0n) is 15.3. The van der Waals surface area contributed by atoms with Crippen molar-refractivity contribution in [3.63, 3.8) is 0 Å². The molecule has 0 N–H and O–H groups in total. The normalized spacial score (nSPS) is 24.5. The molecule has 140 valence electrons. The average Bonchev–Trinajstić information content (AvgIpc) is 2.64. The maximum absolute atomic E-state index is 13.3. The zero-order chi connectivity index (χ0) is 18.7. The predicted octanol–water partition coefficient (Wildman–Crippen LogP) is 4.63. The molecule has 0 amide bonds. The summed E-state index contributed by atoms with van der Waals surface area (Å²) in [5, 5.41) is 0.0141. The third kappa shape index (κ3) is 4.13. The maximum Gasteiger partial charge on any atom is 0.243 e. The Morgan fingerprint density at radius 1 is 1.08 bits per heavy atom. The lowest BCUT2D eigenvalue weighted by Crippen LogP contribution is -2.51. The van der Waals surface area contributed by atoms with Crippen LogP contribution in [0.5, 0.6) is 0 Å². The van der Waals surface area contributed by atoms with E-state index in [2.05, 4.69) is 19.1 Å². The first-order valence-corrected chi connectivity index (χ1v) is 11.0. The second kappa shape index (κ2) is 8.12. The Morgan fingerprint density at radius 2 is 1.73 bits per heavy atom. The molecule has 0 spiro atoms. The summed E-state index contributed by atoms with van der Waals surface area (Å²) in [5.74, 6) is 0.120. The van der Waals surface area contributed by atoms with Crippen LogP contribution in [0.3, 0.4) is 0 Å². The number of sulfonamides is 1. The predicted molar refractivity (Wildman–Crippen MR) is 107 cm³/mol. The number of hydrogen-bond acceptors (Lipinski definition) is 2. The minimum atomic E-state index is -3.51. The van der Waals surface area contributed by atoms with Crippen molar-refractivity contribution in [2.45, 2.75) is 49.4 Å². The lowest BCUT2D eigenvalue weighted by atomic mass is 9.88. The molecule has 1 heterocycles. The van der Waals surface area contributed by atoms with Gasteiger partial charge in [-0.25, -0.2) is 8.42 Å². The van der Waals surface area contributed by atoms with Crippen molar-refractivity contribution in [2.24, 2.45) is 5.92 Å². The third-order valence-corrected chi connectivity index (χ3v) is 7.93. The van der Waals surface area contributed by atoms with Gasteiger partial charge in [-0.15, -0.1) is 11.6 Å². The Labute approximate surface area is 162 Å². The molecule has 0 aliphatic carbocycles. The van der Waals surface area contributed by atoms with Crippen molar-refractivity contribution in [2.75, 3.05) is 6.54 Å². The van der Waals surface area contributed by atoms with Crippen LogP contribution in [0.15, 0.2) is 59.5 Å². The van der Waals surface area contributed by atoms with Crippen LogP contribution >= 0.6 is 11.6 Å². The molecule has 0 unspecified atom stereocenters. The van der Waals surface area contributed by atoms with Crippen molar-refractivity contribution in [3.05, 3.63) is 65.7 Å². The molecule has 0 radical (unpaired) electrons. The van der Waals surface area contributed by atoms with Gasteiger partial charge in [-0.05, 0) is 49.8 Å². The fourth-order valence-corrected chi connectivity index (χ4v) is 5.71. The summed E-state index contributed by atoms with van der Waals surface area (Å²) in [5.41, 5.74) is 2.28. The number of halogens is 1. The Kier molecular flexibility index (Phi) is 6.06. The summed E-state index contributed by atoms with van der Waals surface area (Å²) < 4.78 is 28.2. The molecule has 3 atom stereocenters. The van der Waals surface area contributed by atoms with E-state index in [9.17, 15) is 8.42 Å². The average molecular weight is 392 g/mol. The molecule has 0 saturated carbocycles. The number of rotatable bonds is 5. The number of piperidine rings is 1. The molecule has 1 aliphatic rings. The highest BCUT2D eigenvalue weighted by Crippen LogP contribution is 2.34. The van der Waals surface area contributed by atoms with Crippen molar-refractivity contribution in [3.8, 4) is 0 Å². The molecule has 3 nitrogen and oxygen atoms in total. The highest BCUT2D eigenvalue weighted by molar-refractivity contribution is 7.89. The summed E-state index contributed by atoms with van der Waals surface area (Å²) in [6, 6.07) is 17.2. The Morgan fingerprint density at radius 3 is 2.38 bits per heavy atom. The fraction of sp³-hybridized carbons (Fsp3) is 0.429. The van der Waals surface area contributed by atoms with Gasteiger partial charge >= 0.3 is 0 Å². The fourth-order valence-electron chi connectivity index (χ4n) is 3.69. The maximum atomic E-state index is 13.3. The van der Waals surface area contributed by atoms with Gasteiger partial charge in [0.15, 0.2) is 0 Å². The molecular weight excluding hydrogens is 366 g/mol. The molecule has 26 heavy (non-hydrogen) atoms. The van der Waals surface area contributed by atoms with Crippen molar-refractivity contribution in [1.82, 2.24) is 4.31 Å². The molecule has 0 aromatic heterocycles. The minimum Gasteiger partial charge on any atom is -0.207 e. The highest BCUT2D eigenvalue weighted by Gasteiger charge is 2.40. The number of aryl methyl sites for hydroxylation is 2. The first-order valence-electron chi connectivity index (χ1n) is 9.16. The van der Waals surface area contributed by atoms with Gasteiger partial charge in [-0.1, -0.05) is 55.0 Å². The van der Waals surface area contributed by atoms with E-state index in [4.69, 9.17) is 11.6 Å². The largest absolute Gasteiger partial charge is 0.243 e. The summed E-state index contributed by atoms with van der Waals surface area (Å²) >= 11 is 6.50. The number of benzene rings is 2. The Bertz CT molecular complexity index is 821. The monoisotopic (exact) mass is 391 g/mol. The first kappa shape index (κ1) is 19.4. The highest BCUT2D eigenvalue weighted by atomic mass is 35.5. The van der Waals surface area contributed by atoms with E-state index < -0.39 is 10.0 Å². The van der Waals surface area contributed by atoms with Crippen LogP contribution < -0.4 is 0 Å². The lowest BCUT2D eigenvalue weighted by Gasteiger charge is -2.41. The van der Waals surface area contributed by atoms with Gasteiger partial charge in [0, 0.05) is 18.0 Å². The van der Waals surface area contributed by atoms with Crippen molar-refractivity contribution >= 4 is 21.6 Å². The summed E-state index contributed by atoms with van der Waals surface area (Å²) in [6.07, 6.45) is 2.31. The van der Waals surface area contributed by atoms with Gasteiger partial charge in [-0.3, -0.25) is 0 Å². The number of nitrogens with zero attached hydrogens (tertiary/aromatic N) is 1. The van der Waals surface area contributed by atoms with E-state index in [0.717, 1.165) is 18.4 Å². The Hall–Kier alpha value is -1.36. The third-order valence-electron chi connectivity index (χ3n) is 5.37. The van der Waals surface area contributed by atoms with Gasteiger partial charge < -0.3 is 0 Å². The van der Waals surface area contributed by atoms with E-state index in [1.165, 1.54) is 5.56 Å². The smallest absolute Gasteiger partial charge is 0.207 e. The zero-order valence-corrected chi connectivity index (χ0v) is 16.9. The summed E-state index contributed by atoms with van der Waals surface area (Å²) in [4.78, 5) is 0.369. The van der Waals surface area contributed by atoms with E-state index in [1.54, 1.807) is 16.4 Å². The molecule has 3 rings (SSSR count). The van der Waals surface area contributed by atoms with Crippen LogP contribution in [0.4, 0.5) is 0 Å². The Balaban J connectivity index is 1.86. The van der Waals surface area contributed by atoms with E-state index >= 15 is 0 Å². The van der Waals surface area contributed by atoms with Crippen LogP contribution in [-0.4, -0.2) is 30.7 Å². The second-order valence-corrected chi connectivity index (χ2v) is 9.64. The summed E-state index contributed by atoms with van der Waals surface area (Å²) in [7, 11) is -3.51. The second-order valence-electron chi connectivity index (χ2n) is 7.18. The lowest BCUT2D eigenvalue weighted by molar-refractivity contribution is 0.181. The van der Waals surface area contributed by atoms with Gasteiger partial charge in [0.25, 0.3) is 0 Å². The van der Waals surface area contributed by atoms with Gasteiger partial charge in [-0.2, -0.15) is 4.31 Å². The van der Waals surface area contributed by atoms with Gasteiger partial charge in [0.2, 0.25) is 10.0 Å². The van der Waals surface area contributed by atoms with Crippen LogP contribution in [0.1, 0.15) is 30.9 Å². The van der Waals surface area contributed by atoms with E-state index in [1.807, 2.05) is 37.3 Å². The quantitative estimate of drug-likeness (QED) is 0.696. The van der Waals surface area contributed by atoms with Crippen LogP contribution in [0, 0.1) is 12.8 Å². The molecule has 1 aliphatic heterocycles. The number of alkyl halides is 1. The molecule has 2 aromatic carbocycles. The van der Waals surface area contributed by atoms with E-state index in [-0.39, 0.29) is 17.3 Å². The SMILES string of the molecule is Cc1ccc(S(=O)(=O)N2CC[C@H](Cl)[C@@H](C)[C@H]2CCc2ccccc2)cc1. The minimum absolute atomic E-state index is 0.0141. The molecule has 5 heteroatoms. The first-order chi connectivity index (χ1) is 12.4. The van der Waals surface area contributed by atoms with Crippen LogP contribution in [0.2, 0.25) is 0 Å². The molecule has 1 fully saturated rings. The molecule has 0 bridgehead atoms. The molecular formula is C21H26ClNO2S. The van der Waals surface area contributed by atoms with Crippen LogP contribution in [0.25, 0.3) is 0 Å². The standard InChI is InChI=1S/C21H26ClNO2S/c1-16-8-11-19(12-9-16)26(24,25)23-15-14-20(22)17(2)21(23)13-10-18-6-4-3-5-7-18/h3-9,11-12,17,20-21H,10,13-15H2,1-2H3/t17-,20+,21-/m1/s1. The van der Waals surface area contributed by atoms with Gasteiger partial charge in [0.05, 0.1) is 4.90 Å². The van der Waals surface area contributed by atoms with Gasteiger partial charge in [0.1, 0.15) is 0 Å². The van der Waals surface area contributed by atoms with E-state index in [0.29, 0.717) is 17.9 Å². The van der Waals surface area contributed by atoms with Crippen LogP contribution in [-0.2, 0) is 16.4 Å². The molecule has 1 saturated heterocycles. The topological polar surface area (TPSA) is 37.4 Å². The summed E-state index contributed by atoms with van der Waals surface area (Å²) in [6.45, 7) is 4.51. The van der Waals surface area contributed by atoms with Crippen molar-refractivity contribution in [1.29, 1.82) is 0 Å². The van der Waals surface area contributed by atoms with Crippen molar-refractivity contribution < 1.29 is 8.42 Å². The molecule has 2 aromatic rings.